The first kappa shape index (κ1) is 9.27. The van der Waals surface area contributed by atoms with Gasteiger partial charge < -0.3 is 0 Å². The highest BCUT2D eigenvalue weighted by Gasteiger charge is 1.86. The van der Waals surface area contributed by atoms with E-state index in [1.165, 1.54) is 0 Å². The predicted molar refractivity (Wildman–Crippen MR) is 52.4 cm³/mol. The van der Waals surface area contributed by atoms with Crippen LogP contribution in [0.25, 0.3) is 0 Å². The first-order chi connectivity index (χ1) is 5.93. The van der Waals surface area contributed by atoms with E-state index in [4.69, 9.17) is 11.6 Å². The molecule has 12 heavy (non-hydrogen) atoms. The minimum absolute atomic E-state index is 0.693. The van der Waals surface area contributed by atoms with Gasteiger partial charge >= 0.3 is 0 Å². The molecule has 0 fully saturated rings. The normalized spacial score (nSPS) is 10.8. The van der Waals surface area contributed by atoms with Crippen LogP contribution in [-0.2, 0) is 6.42 Å². The van der Waals surface area contributed by atoms with Gasteiger partial charge in [0.25, 0.3) is 0 Å². The molecule has 0 saturated carbocycles. The Bertz CT molecular complexity index is 231. The van der Waals surface area contributed by atoms with E-state index in [9.17, 15) is 0 Å². The average molecular weight is 182 g/mol. The number of halogens is 1. The minimum Gasteiger partial charge on any atom is -0.261 e. The fraction of sp³-hybridized carbons (Fsp3) is 0.300. The fourth-order valence-corrected chi connectivity index (χ4v) is 1.03. The van der Waals surface area contributed by atoms with Crippen molar-refractivity contribution >= 4 is 11.6 Å². The molecule has 2 heteroatoms. The van der Waals surface area contributed by atoms with Crippen molar-refractivity contribution in [2.45, 2.75) is 12.8 Å². The van der Waals surface area contributed by atoms with Crippen LogP contribution in [0.15, 0.2) is 36.5 Å². The molecule has 0 atom stereocenters. The number of pyridine rings is 1. The molecule has 1 heterocycles. The molecule has 0 aliphatic carbocycles. The van der Waals surface area contributed by atoms with Crippen LogP contribution in [0.2, 0.25) is 0 Å². The van der Waals surface area contributed by atoms with Crippen LogP contribution >= 0.6 is 11.6 Å². The molecule has 64 valence electrons. The molecule has 0 aliphatic rings. The lowest BCUT2D eigenvalue weighted by Crippen LogP contribution is -1.84. The number of rotatable bonds is 4. The molecule has 1 rings (SSSR count). The van der Waals surface area contributed by atoms with Gasteiger partial charge in [-0.3, -0.25) is 4.98 Å². The third-order valence-electron chi connectivity index (χ3n) is 1.50. The average Bonchev–Trinajstić information content (AvgIpc) is 2.14. The summed E-state index contributed by atoms with van der Waals surface area (Å²) >= 11 is 5.52. The first-order valence-electron chi connectivity index (χ1n) is 4.04. The maximum atomic E-state index is 5.52. The van der Waals surface area contributed by atoms with Gasteiger partial charge in [0.1, 0.15) is 0 Å². The Kier molecular flexibility index (Phi) is 4.47. The molecule has 0 radical (unpaired) electrons. The molecule has 0 unspecified atom stereocenters. The van der Waals surface area contributed by atoms with Gasteiger partial charge in [-0.1, -0.05) is 18.2 Å². The quantitative estimate of drug-likeness (QED) is 0.514. The lowest BCUT2D eigenvalue weighted by molar-refractivity contribution is 1.09. The highest BCUT2D eigenvalue weighted by atomic mass is 35.5. The van der Waals surface area contributed by atoms with Gasteiger partial charge in [-0.25, -0.2) is 0 Å². The Labute approximate surface area is 78.1 Å². The third-order valence-corrected chi connectivity index (χ3v) is 1.71. The summed E-state index contributed by atoms with van der Waals surface area (Å²) in [5.41, 5.74) is 1.10. The summed E-state index contributed by atoms with van der Waals surface area (Å²) in [4.78, 5) is 4.19. The summed E-state index contributed by atoms with van der Waals surface area (Å²) in [5.74, 6) is 0.693. The maximum absolute atomic E-state index is 5.52. The van der Waals surface area contributed by atoms with E-state index in [0.717, 1.165) is 18.5 Å². The largest absolute Gasteiger partial charge is 0.261 e. The molecule has 0 spiro atoms. The van der Waals surface area contributed by atoms with Crippen molar-refractivity contribution in [1.82, 2.24) is 4.98 Å². The van der Waals surface area contributed by atoms with Crippen LogP contribution < -0.4 is 0 Å². The zero-order valence-corrected chi connectivity index (χ0v) is 7.67. The molecule has 0 amide bonds. The lowest BCUT2D eigenvalue weighted by atomic mass is 10.2. The molecule has 0 N–H and O–H groups in total. The molecular weight excluding hydrogens is 170 g/mol. The van der Waals surface area contributed by atoms with Gasteiger partial charge in [-0.2, -0.15) is 0 Å². The number of alkyl halides is 1. The highest BCUT2D eigenvalue weighted by Crippen LogP contribution is 1.96. The standard InChI is InChI=1S/C10H12ClN/c11-8-4-1-2-6-10-7-3-5-9-12-10/h1-3,5,7,9H,4,6,8H2. The third kappa shape index (κ3) is 3.54. The van der Waals surface area contributed by atoms with Gasteiger partial charge in [0.2, 0.25) is 0 Å². The van der Waals surface area contributed by atoms with Gasteiger partial charge in [0.05, 0.1) is 0 Å². The number of nitrogens with zero attached hydrogens (tertiary/aromatic N) is 1. The second-order valence-corrected chi connectivity index (χ2v) is 2.85. The Morgan fingerprint density at radius 2 is 2.25 bits per heavy atom. The molecule has 1 aromatic rings. The van der Waals surface area contributed by atoms with Crippen LogP contribution in [0.5, 0.6) is 0 Å². The predicted octanol–water partition coefficient (Wildman–Crippen LogP) is 2.81. The summed E-state index contributed by atoms with van der Waals surface area (Å²) in [5, 5.41) is 0. The summed E-state index contributed by atoms with van der Waals surface area (Å²) in [6.07, 6.45) is 7.84. The Hall–Kier alpha value is -0.820. The van der Waals surface area contributed by atoms with Crippen LogP contribution in [-0.4, -0.2) is 10.9 Å². The zero-order chi connectivity index (χ0) is 8.65. The van der Waals surface area contributed by atoms with E-state index < -0.39 is 0 Å². The number of allylic oxidation sites excluding steroid dienone is 2. The van der Waals surface area contributed by atoms with Crippen molar-refractivity contribution in [1.29, 1.82) is 0 Å². The number of hydrogen-bond donors (Lipinski definition) is 0. The Morgan fingerprint density at radius 3 is 2.92 bits per heavy atom. The SMILES string of the molecule is ClCCC=CCc1ccccn1. The summed E-state index contributed by atoms with van der Waals surface area (Å²) < 4.78 is 0. The number of aromatic nitrogens is 1. The summed E-state index contributed by atoms with van der Waals surface area (Å²) in [7, 11) is 0. The van der Waals surface area contributed by atoms with Crippen LogP contribution in [0, 0.1) is 0 Å². The summed E-state index contributed by atoms with van der Waals surface area (Å²) in [6.45, 7) is 0. The highest BCUT2D eigenvalue weighted by molar-refractivity contribution is 6.17. The number of hydrogen-bond acceptors (Lipinski definition) is 1. The molecule has 1 aromatic heterocycles. The van der Waals surface area contributed by atoms with Crippen molar-refractivity contribution in [3.05, 3.63) is 42.2 Å². The van der Waals surface area contributed by atoms with Crippen molar-refractivity contribution < 1.29 is 0 Å². The first-order valence-corrected chi connectivity index (χ1v) is 4.58. The fourth-order valence-electron chi connectivity index (χ4n) is 0.904. The van der Waals surface area contributed by atoms with Gasteiger partial charge in [0, 0.05) is 24.2 Å². The van der Waals surface area contributed by atoms with E-state index in [1.807, 2.05) is 24.4 Å². The van der Waals surface area contributed by atoms with Gasteiger partial charge in [0.15, 0.2) is 0 Å². The van der Waals surface area contributed by atoms with Crippen molar-refractivity contribution in [2.24, 2.45) is 0 Å². The monoisotopic (exact) mass is 181 g/mol. The van der Waals surface area contributed by atoms with Gasteiger partial charge in [-0.15, -0.1) is 11.6 Å². The molecular formula is C10H12ClN. The van der Waals surface area contributed by atoms with Crippen LogP contribution in [0.3, 0.4) is 0 Å². The maximum Gasteiger partial charge on any atom is 0.0441 e. The smallest absolute Gasteiger partial charge is 0.0441 e. The van der Waals surface area contributed by atoms with Crippen molar-refractivity contribution in [2.75, 3.05) is 5.88 Å². The Balaban J connectivity index is 2.33. The zero-order valence-electron chi connectivity index (χ0n) is 6.91. The topological polar surface area (TPSA) is 12.9 Å². The van der Waals surface area contributed by atoms with Crippen LogP contribution in [0.4, 0.5) is 0 Å². The molecule has 0 aromatic carbocycles. The van der Waals surface area contributed by atoms with Crippen LogP contribution in [0.1, 0.15) is 12.1 Å². The second kappa shape index (κ2) is 5.78. The van der Waals surface area contributed by atoms with E-state index in [1.54, 1.807) is 0 Å². The van der Waals surface area contributed by atoms with Crippen molar-refractivity contribution in [3.8, 4) is 0 Å². The molecule has 0 saturated heterocycles. The molecule has 0 bridgehead atoms. The van der Waals surface area contributed by atoms with E-state index in [0.29, 0.717) is 5.88 Å². The van der Waals surface area contributed by atoms with E-state index in [-0.39, 0.29) is 0 Å². The molecule has 0 aliphatic heterocycles. The van der Waals surface area contributed by atoms with E-state index in [2.05, 4.69) is 17.1 Å². The van der Waals surface area contributed by atoms with Gasteiger partial charge in [-0.05, 0) is 18.6 Å². The Morgan fingerprint density at radius 1 is 1.33 bits per heavy atom. The molecule has 1 nitrogen and oxygen atoms in total. The second-order valence-electron chi connectivity index (χ2n) is 2.47. The van der Waals surface area contributed by atoms with E-state index >= 15 is 0 Å². The minimum atomic E-state index is 0.693. The lowest BCUT2D eigenvalue weighted by Gasteiger charge is -1.92. The van der Waals surface area contributed by atoms with Crippen molar-refractivity contribution in [3.63, 3.8) is 0 Å². The summed E-state index contributed by atoms with van der Waals surface area (Å²) in [6, 6.07) is 5.94.